The van der Waals surface area contributed by atoms with Crippen LogP contribution in [0.3, 0.4) is 0 Å². The van der Waals surface area contributed by atoms with Crippen LogP contribution in [0.15, 0.2) is 24.4 Å². The topological polar surface area (TPSA) is 66.6 Å². The van der Waals surface area contributed by atoms with Gasteiger partial charge in [-0.3, -0.25) is 14.7 Å². The van der Waals surface area contributed by atoms with E-state index >= 15 is 0 Å². The lowest BCUT2D eigenvalue weighted by atomic mass is 10.1. The number of carbonyl (C=O) groups is 1. The fraction of sp³-hybridized carbons (Fsp3) is 0.538. The van der Waals surface area contributed by atoms with Crippen molar-refractivity contribution in [3.63, 3.8) is 0 Å². The summed E-state index contributed by atoms with van der Waals surface area (Å²) >= 11 is 0. The third-order valence-electron chi connectivity index (χ3n) is 7.41. The van der Waals surface area contributed by atoms with E-state index in [2.05, 4.69) is 42.8 Å². The van der Waals surface area contributed by atoms with Gasteiger partial charge in [0.1, 0.15) is 0 Å². The lowest BCUT2D eigenvalue weighted by Gasteiger charge is -2.23. The Morgan fingerprint density at radius 1 is 1.12 bits per heavy atom. The maximum Gasteiger partial charge on any atom is 0.222 e. The van der Waals surface area contributed by atoms with Crippen LogP contribution in [-0.2, 0) is 17.8 Å². The summed E-state index contributed by atoms with van der Waals surface area (Å²) in [5.41, 5.74) is 7.62. The Kier molecular flexibility index (Phi) is 6.15. The predicted molar refractivity (Wildman–Crippen MR) is 128 cm³/mol. The second-order valence-electron chi connectivity index (χ2n) is 9.58. The van der Waals surface area contributed by atoms with E-state index in [4.69, 9.17) is 10.1 Å². The van der Waals surface area contributed by atoms with Crippen LogP contribution < -0.4 is 0 Å². The molecule has 7 nitrogen and oxygen atoms in total. The molecule has 2 aliphatic rings. The maximum absolute atomic E-state index is 12.6. The molecule has 0 bridgehead atoms. The van der Waals surface area contributed by atoms with Gasteiger partial charge in [0.25, 0.3) is 0 Å². The Morgan fingerprint density at radius 2 is 1.94 bits per heavy atom. The first kappa shape index (κ1) is 22.0. The van der Waals surface area contributed by atoms with Crippen LogP contribution in [0.1, 0.15) is 72.0 Å². The number of rotatable bonds is 6. The van der Waals surface area contributed by atoms with Crippen LogP contribution in [-0.4, -0.2) is 54.9 Å². The van der Waals surface area contributed by atoms with Crippen LogP contribution in [0.25, 0.3) is 5.65 Å². The molecular formula is C26H34N6O. The summed E-state index contributed by atoms with van der Waals surface area (Å²) < 4.78 is 1.99. The van der Waals surface area contributed by atoms with Crippen LogP contribution in [0.5, 0.6) is 0 Å². The van der Waals surface area contributed by atoms with E-state index in [1.54, 1.807) is 0 Å². The van der Waals surface area contributed by atoms with Gasteiger partial charge in [0, 0.05) is 49.7 Å². The number of aromatic nitrogens is 4. The highest BCUT2D eigenvalue weighted by molar-refractivity contribution is 5.76. The normalized spacial score (nSPS) is 19.1. The zero-order valence-corrected chi connectivity index (χ0v) is 20.0. The fourth-order valence-corrected chi connectivity index (χ4v) is 5.45. The van der Waals surface area contributed by atoms with E-state index in [0.29, 0.717) is 6.42 Å². The molecule has 7 heteroatoms. The molecule has 2 aliphatic heterocycles. The Hall–Kier alpha value is -2.80. The summed E-state index contributed by atoms with van der Waals surface area (Å²) in [7, 11) is 0. The van der Waals surface area contributed by atoms with E-state index in [1.807, 2.05) is 21.7 Å². The third-order valence-corrected chi connectivity index (χ3v) is 7.41. The minimum atomic E-state index is 0.263. The summed E-state index contributed by atoms with van der Waals surface area (Å²) in [5.74, 6) is 0.263. The number of carbonyl (C=O) groups excluding carboxylic acids is 1. The van der Waals surface area contributed by atoms with Gasteiger partial charge in [0.2, 0.25) is 5.91 Å². The van der Waals surface area contributed by atoms with Gasteiger partial charge in [-0.05, 0) is 76.6 Å². The molecular weight excluding hydrogens is 412 g/mol. The van der Waals surface area contributed by atoms with Crippen LogP contribution in [0.2, 0.25) is 0 Å². The molecule has 174 valence electrons. The first-order chi connectivity index (χ1) is 16.0. The van der Waals surface area contributed by atoms with Crippen molar-refractivity contribution in [3.8, 4) is 0 Å². The molecule has 0 aromatic carbocycles. The van der Waals surface area contributed by atoms with Gasteiger partial charge >= 0.3 is 0 Å². The molecule has 0 aliphatic carbocycles. The molecule has 0 spiro atoms. The number of likely N-dealkylation sites (tertiary alicyclic amines) is 2. The van der Waals surface area contributed by atoms with Crippen molar-refractivity contribution in [2.45, 2.75) is 71.9 Å². The maximum atomic E-state index is 12.6. The highest BCUT2D eigenvalue weighted by atomic mass is 16.2. The molecule has 2 fully saturated rings. The van der Waals surface area contributed by atoms with Crippen molar-refractivity contribution in [1.82, 2.24) is 29.4 Å². The Labute approximate surface area is 195 Å². The summed E-state index contributed by atoms with van der Waals surface area (Å²) in [5, 5.41) is 5.01. The second-order valence-corrected chi connectivity index (χ2v) is 9.58. The van der Waals surface area contributed by atoms with Gasteiger partial charge in [0.05, 0.1) is 17.4 Å². The molecule has 0 unspecified atom stereocenters. The van der Waals surface area contributed by atoms with Gasteiger partial charge in [-0.2, -0.15) is 5.10 Å². The zero-order chi connectivity index (χ0) is 22.9. The molecule has 1 amide bonds. The summed E-state index contributed by atoms with van der Waals surface area (Å²) in [4.78, 5) is 26.5. The number of pyridine rings is 1. The molecule has 1 atom stereocenters. The second kappa shape index (κ2) is 9.21. The average Bonchev–Trinajstić information content (AvgIpc) is 3.55. The minimum absolute atomic E-state index is 0.263. The molecule has 0 radical (unpaired) electrons. The van der Waals surface area contributed by atoms with Crippen molar-refractivity contribution < 1.29 is 4.79 Å². The lowest BCUT2D eigenvalue weighted by Crippen LogP contribution is -2.28. The monoisotopic (exact) mass is 446 g/mol. The molecule has 33 heavy (non-hydrogen) atoms. The van der Waals surface area contributed by atoms with E-state index in [0.717, 1.165) is 85.8 Å². The number of hydrogen-bond acceptors (Lipinski definition) is 5. The van der Waals surface area contributed by atoms with Gasteiger partial charge in [-0.1, -0.05) is 6.07 Å². The van der Waals surface area contributed by atoms with Crippen molar-refractivity contribution in [3.05, 3.63) is 58.3 Å². The summed E-state index contributed by atoms with van der Waals surface area (Å²) in [6.45, 7) is 10.0. The Morgan fingerprint density at radius 3 is 2.73 bits per heavy atom. The Bertz CT molecular complexity index is 1160. The van der Waals surface area contributed by atoms with Gasteiger partial charge < -0.3 is 4.90 Å². The van der Waals surface area contributed by atoms with E-state index in [1.165, 1.54) is 12.0 Å². The number of hydrogen-bond donors (Lipinski definition) is 0. The fourth-order valence-electron chi connectivity index (χ4n) is 5.45. The predicted octanol–water partition coefficient (Wildman–Crippen LogP) is 3.94. The quantitative estimate of drug-likeness (QED) is 0.574. The molecule has 5 heterocycles. The van der Waals surface area contributed by atoms with Gasteiger partial charge in [-0.15, -0.1) is 0 Å². The minimum Gasteiger partial charge on any atom is -0.343 e. The van der Waals surface area contributed by atoms with E-state index < -0.39 is 0 Å². The largest absolute Gasteiger partial charge is 0.343 e. The summed E-state index contributed by atoms with van der Waals surface area (Å²) in [6.07, 6.45) is 7.68. The van der Waals surface area contributed by atoms with Crippen molar-refractivity contribution >= 4 is 11.6 Å². The third kappa shape index (κ3) is 4.38. The summed E-state index contributed by atoms with van der Waals surface area (Å²) in [6, 6.07) is 6.56. The molecule has 5 rings (SSSR count). The Balaban J connectivity index is 1.37. The smallest absolute Gasteiger partial charge is 0.222 e. The molecule has 0 saturated carbocycles. The lowest BCUT2D eigenvalue weighted by molar-refractivity contribution is -0.130. The highest BCUT2D eigenvalue weighted by Gasteiger charge is 2.29. The molecule has 3 aromatic rings. The van der Waals surface area contributed by atoms with Crippen LogP contribution in [0, 0.1) is 20.8 Å². The van der Waals surface area contributed by atoms with Crippen LogP contribution >= 0.6 is 0 Å². The number of amides is 1. The highest BCUT2D eigenvalue weighted by Crippen LogP contribution is 2.33. The van der Waals surface area contributed by atoms with Crippen molar-refractivity contribution in [2.24, 2.45) is 0 Å². The van der Waals surface area contributed by atoms with Crippen molar-refractivity contribution in [2.75, 3.05) is 19.6 Å². The molecule has 2 saturated heterocycles. The number of nitrogens with zero attached hydrogens (tertiary/aromatic N) is 6. The number of aryl methyl sites for hydroxylation is 3. The first-order valence-electron chi connectivity index (χ1n) is 12.3. The van der Waals surface area contributed by atoms with Crippen LogP contribution in [0.4, 0.5) is 0 Å². The average molecular weight is 447 g/mol. The van der Waals surface area contributed by atoms with Crippen molar-refractivity contribution in [1.29, 1.82) is 0 Å². The first-order valence-corrected chi connectivity index (χ1v) is 12.3. The standard InChI is InChI=1S/C26H34N6O/c1-18-8-6-12-27-23(18)17-31-15-7-9-24(31)22-16-25-28-19(2)21(20(3)32(25)29-22)10-11-26(33)30-13-4-5-14-30/h6,8,12,16,24H,4-5,7,9-11,13-15,17H2,1-3H3/t24-/m1/s1. The number of fused-ring (bicyclic) bond motifs is 1. The van der Waals surface area contributed by atoms with E-state index in [-0.39, 0.29) is 11.9 Å². The SMILES string of the molecule is Cc1cccnc1CN1CCC[C@@H]1c1cc2nc(C)c(CCC(=O)N3CCCC3)c(C)n2n1. The zero-order valence-electron chi connectivity index (χ0n) is 20.0. The van der Waals surface area contributed by atoms with Gasteiger partial charge in [-0.25, -0.2) is 9.50 Å². The molecule has 0 N–H and O–H groups in total. The van der Waals surface area contributed by atoms with Gasteiger partial charge in [0.15, 0.2) is 5.65 Å². The molecule has 3 aromatic heterocycles. The van der Waals surface area contributed by atoms with E-state index in [9.17, 15) is 4.79 Å².